The predicted octanol–water partition coefficient (Wildman–Crippen LogP) is 5.96. The van der Waals surface area contributed by atoms with E-state index >= 15 is 0 Å². The van der Waals surface area contributed by atoms with Crippen LogP contribution in [0.25, 0.3) is 22.3 Å². The highest BCUT2D eigenvalue weighted by Crippen LogP contribution is 2.27. The zero-order valence-corrected chi connectivity index (χ0v) is 24.8. The maximum absolute atomic E-state index is 11.4. The van der Waals surface area contributed by atoms with E-state index in [1.165, 1.54) is 31.1 Å². The lowest BCUT2D eigenvalue weighted by Gasteiger charge is -2.35. The molecule has 1 saturated heterocycles. The van der Waals surface area contributed by atoms with Gasteiger partial charge in [-0.1, -0.05) is 67.4 Å². The highest BCUT2D eigenvalue weighted by molar-refractivity contribution is 5.91. The Bertz CT molecular complexity index is 1380. The van der Waals surface area contributed by atoms with Gasteiger partial charge < -0.3 is 20.4 Å². The molecule has 1 aliphatic rings. The standard InChI is InChI=1S/C34H44N6O2/c1-42-32(41)11-7-2-3-8-22-40(29-17-19-35-20-18-29)24-27-12-14-28(15-13-27)31-23-30-33(37-25-38-34(30)39-31)36-21-16-26-9-5-4-6-10-26/h4-6,9-10,12-15,23,25,29,35H,2-3,7-8,11,16-22,24H2,1H3,(H2,36,37,38,39). The summed E-state index contributed by atoms with van der Waals surface area (Å²) < 4.78 is 4.76. The number of anilines is 1. The molecule has 1 aliphatic heterocycles. The van der Waals surface area contributed by atoms with Crippen LogP contribution in [0, 0.1) is 0 Å². The normalized spacial score (nSPS) is 14.0. The lowest BCUT2D eigenvalue weighted by atomic mass is 10.0. The second kappa shape index (κ2) is 15.5. The number of carbonyl (C=O) groups excluding carboxylic acids is 1. The Hall–Kier alpha value is -3.75. The first-order valence-corrected chi connectivity index (χ1v) is 15.4. The zero-order chi connectivity index (χ0) is 29.0. The molecule has 0 atom stereocenters. The van der Waals surface area contributed by atoms with Gasteiger partial charge in [-0.3, -0.25) is 9.69 Å². The molecule has 8 heteroatoms. The van der Waals surface area contributed by atoms with Crippen LogP contribution in [0.2, 0.25) is 0 Å². The van der Waals surface area contributed by atoms with Gasteiger partial charge in [0.1, 0.15) is 17.8 Å². The van der Waals surface area contributed by atoms with Gasteiger partial charge in [0, 0.05) is 31.2 Å². The van der Waals surface area contributed by atoms with Crippen LogP contribution in [-0.4, -0.2) is 65.2 Å². The van der Waals surface area contributed by atoms with Crippen LogP contribution in [0.5, 0.6) is 0 Å². The molecule has 8 nitrogen and oxygen atoms in total. The predicted molar refractivity (Wildman–Crippen MR) is 169 cm³/mol. The van der Waals surface area contributed by atoms with Gasteiger partial charge in [-0.2, -0.15) is 0 Å². The van der Waals surface area contributed by atoms with Crippen LogP contribution in [0.4, 0.5) is 5.82 Å². The van der Waals surface area contributed by atoms with Gasteiger partial charge in [0.15, 0.2) is 0 Å². The average Bonchev–Trinajstić information content (AvgIpc) is 3.48. The van der Waals surface area contributed by atoms with Crippen molar-refractivity contribution in [1.82, 2.24) is 25.2 Å². The van der Waals surface area contributed by atoms with Crippen molar-refractivity contribution in [1.29, 1.82) is 0 Å². The fourth-order valence-electron chi connectivity index (χ4n) is 5.83. The first-order valence-electron chi connectivity index (χ1n) is 15.4. The van der Waals surface area contributed by atoms with Crippen molar-refractivity contribution in [2.75, 3.05) is 38.6 Å². The van der Waals surface area contributed by atoms with E-state index in [1.54, 1.807) is 6.33 Å². The second-order valence-electron chi connectivity index (χ2n) is 11.2. The zero-order valence-electron chi connectivity index (χ0n) is 24.8. The number of nitrogens with zero attached hydrogens (tertiary/aromatic N) is 3. The summed E-state index contributed by atoms with van der Waals surface area (Å²) in [5, 5.41) is 8.01. The van der Waals surface area contributed by atoms with Gasteiger partial charge in [-0.15, -0.1) is 0 Å². The van der Waals surface area contributed by atoms with E-state index in [9.17, 15) is 4.79 Å². The molecule has 0 aliphatic carbocycles. The molecule has 3 N–H and O–H groups in total. The minimum absolute atomic E-state index is 0.105. The van der Waals surface area contributed by atoms with E-state index in [2.05, 4.69) is 85.1 Å². The molecular formula is C34H44N6O2. The van der Waals surface area contributed by atoms with Crippen molar-refractivity contribution in [2.24, 2.45) is 0 Å². The average molecular weight is 569 g/mol. The number of hydrogen-bond acceptors (Lipinski definition) is 7. The number of methoxy groups -OCH3 is 1. The van der Waals surface area contributed by atoms with Gasteiger partial charge in [0.25, 0.3) is 0 Å². The molecule has 3 heterocycles. The minimum atomic E-state index is -0.105. The van der Waals surface area contributed by atoms with Crippen molar-refractivity contribution in [3.63, 3.8) is 0 Å². The molecule has 0 amide bonds. The summed E-state index contributed by atoms with van der Waals surface area (Å²) in [6, 6.07) is 22.2. The van der Waals surface area contributed by atoms with E-state index < -0.39 is 0 Å². The highest BCUT2D eigenvalue weighted by Gasteiger charge is 2.21. The Morgan fingerprint density at radius 2 is 1.76 bits per heavy atom. The van der Waals surface area contributed by atoms with Crippen LogP contribution < -0.4 is 10.6 Å². The Kier molecular flexibility index (Phi) is 11.0. The number of carbonyl (C=O) groups is 1. The van der Waals surface area contributed by atoms with Crippen molar-refractivity contribution in [3.05, 3.63) is 78.1 Å². The number of H-pyrrole nitrogens is 1. The number of piperidine rings is 1. The molecule has 0 unspecified atom stereocenters. The van der Waals surface area contributed by atoms with Crippen molar-refractivity contribution in [2.45, 2.75) is 64.0 Å². The molecule has 0 radical (unpaired) electrons. The number of ether oxygens (including phenoxy) is 1. The first-order chi connectivity index (χ1) is 20.7. The number of unbranched alkanes of at least 4 members (excludes halogenated alkanes) is 3. The van der Waals surface area contributed by atoms with Crippen LogP contribution in [-0.2, 0) is 22.5 Å². The Labute approximate surface area is 249 Å². The molecule has 0 bridgehead atoms. The lowest BCUT2D eigenvalue weighted by Crippen LogP contribution is -2.43. The third-order valence-electron chi connectivity index (χ3n) is 8.25. The molecule has 2 aromatic carbocycles. The lowest BCUT2D eigenvalue weighted by molar-refractivity contribution is -0.140. The largest absolute Gasteiger partial charge is 0.469 e. The maximum atomic E-state index is 11.4. The van der Waals surface area contributed by atoms with Crippen LogP contribution in [0.1, 0.15) is 56.1 Å². The third kappa shape index (κ3) is 8.39. The first kappa shape index (κ1) is 29.7. The molecular weight excluding hydrogens is 524 g/mol. The second-order valence-corrected chi connectivity index (χ2v) is 11.2. The van der Waals surface area contributed by atoms with Crippen LogP contribution in [0.15, 0.2) is 67.0 Å². The molecule has 0 saturated carbocycles. The summed E-state index contributed by atoms with van der Waals surface area (Å²) in [7, 11) is 1.46. The van der Waals surface area contributed by atoms with Crippen molar-refractivity contribution >= 4 is 22.8 Å². The Balaban J connectivity index is 1.19. The number of fused-ring (bicyclic) bond motifs is 1. The molecule has 42 heavy (non-hydrogen) atoms. The number of nitrogens with one attached hydrogen (secondary N) is 3. The highest BCUT2D eigenvalue weighted by atomic mass is 16.5. The monoisotopic (exact) mass is 568 g/mol. The number of benzene rings is 2. The van der Waals surface area contributed by atoms with Crippen LogP contribution in [0.3, 0.4) is 0 Å². The maximum Gasteiger partial charge on any atom is 0.305 e. The fraction of sp³-hybridized carbons (Fsp3) is 0.441. The van der Waals surface area contributed by atoms with Crippen molar-refractivity contribution in [3.8, 4) is 11.3 Å². The SMILES string of the molecule is COC(=O)CCCCCCN(Cc1ccc(-c2cc3c(NCCc4ccccc4)ncnc3[nH]2)cc1)C1CCNCC1. The topological polar surface area (TPSA) is 95.2 Å². The summed E-state index contributed by atoms with van der Waals surface area (Å²) in [6.07, 6.45) is 9.74. The number of hydrogen-bond donors (Lipinski definition) is 3. The van der Waals surface area contributed by atoms with E-state index in [1.807, 2.05) is 6.07 Å². The van der Waals surface area contributed by atoms with Crippen molar-refractivity contribution < 1.29 is 9.53 Å². The van der Waals surface area contributed by atoms with Gasteiger partial charge in [-0.25, -0.2) is 9.97 Å². The molecule has 4 aromatic rings. The molecule has 5 rings (SSSR count). The minimum Gasteiger partial charge on any atom is -0.469 e. The smallest absolute Gasteiger partial charge is 0.305 e. The summed E-state index contributed by atoms with van der Waals surface area (Å²) in [4.78, 5) is 26.5. The molecule has 1 fully saturated rings. The van der Waals surface area contributed by atoms with E-state index in [4.69, 9.17) is 4.74 Å². The van der Waals surface area contributed by atoms with Crippen LogP contribution >= 0.6 is 0 Å². The van der Waals surface area contributed by atoms with E-state index in [0.29, 0.717) is 12.5 Å². The van der Waals surface area contributed by atoms with Gasteiger partial charge in [-0.05, 0) is 74.5 Å². The van der Waals surface area contributed by atoms with Gasteiger partial charge in [0.05, 0.1) is 12.5 Å². The van der Waals surface area contributed by atoms with E-state index in [-0.39, 0.29) is 5.97 Å². The summed E-state index contributed by atoms with van der Waals surface area (Å²) in [5.74, 6) is 0.754. The number of aromatic nitrogens is 3. The summed E-state index contributed by atoms with van der Waals surface area (Å²) in [5.41, 5.74) is 5.67. The fourth-order valence-corrected chi connectivity index (χ4v) is 5.83. The third-order valence-corrected chi connectivity index (χ3v) is 8.25. The molecule has 2 aromatic heterocycles. The number of rotatable bonds is 15. The Morgan fingerprint density at radius 1 is 0.976 bits per heavy atom. The number of esters is 1. The number of aromatic amines is 1. The summed E-state index contributed by atoms with van der Waals surface area (Å²) in [6.45, 7) is 5.04. The quantitative estimate of drug-likeness (QED) is 0.120. The Morgan fingerprint density at radius 3 is 2.55 bits per heavy atom. The van der Waals surface area contributed by atoms with E-state index in [0.717, 1.165) is 92.9 Å². The molecule has 222 valence electrons. The van der Waals surface area contributed by atoms with Gasteiger partial charge >= 0.3 is 5.97 Å². The molecule has 0 spiro atoms. The summed E-state index contributed by atoms with van der Waals surface area (Å²) >= 11 is 0. The van der Waals surface area contributed by atoms with Gasteiger partial charge in [0.2, 0.25) is 0 Å².